The highest BCUT2D eigenvalue weighted by Gasteiger charge is 2.49. The molecule has 4 aromatic rings. The number of rotatable bonds is 5. The van der Waals surface area contributed by atoms with Crippen molar-refractivity contribution in [2.75, 3.05) is 11.9 Å². The minimum atomic E-state index is -0.145. The molecule has 1 fully saturated rings. The largest absolute Gasteiger partial charge is 0.438 e. The van der Waals surface area contributed by atoms with E-state index in [4.69, 9.17) is 14.8 Å². The Balaban J connectivity index is 1.29. The topological polar surface area (TPSA) is 75.9 Å². The van der Waals surface area contributed by atoms with Gasteiger partial charge in [-0.15, -0.1) is 0 Å². The quantitative estimate of drug-likeness (QED) is 0.370. The molecule has 2 atom stereocenters. The Morgan fingerprint density at radius 2 is 1.79 bits per heavy atom. The maximum Gasteiger partial charge on any atom is 0.269 e. The molecule has 2 aromatic heterocycles. The maximum atomic E-state index is 13.7. The van der Waals surface area contributed by atoms with Crippen LogP contribution in [0.1, 0.15) is 40.9 Å². The number of amides is 1. The van der Waals surface area contributed by atoms with Crippen LogP contribution in [-0.4, -0.2) is 50.7 Å². The molecule has 8 heteroatoms. The number of hydrogen-bond donors (Lipinski definition) is 0. The Morgan fingerprint density at radius 3 is 2.58 bits per heavy atom. The first kappa shape index (κ1) is 22.7. The molecule has 7 rings (SSSR count). The molecule has 38 heavy (non-hydrogen) atoms. The highest BCUT2D eigenvalue weighted by atomic mass is 16.5. The van der Waals surface area contributed by atoms with Gasteiger partial charge in [0, 0.05) is 18.3 Å². The number of anilines is 1. The predicted octanol–water partition coefficient (Wildman–Crippen LogP) is 5.28. The fourth-order valence-electron chi connectivity index (χ4n) is 5.75. The number of carbonyl (C=O) groups is 1. The van der Waals surface area contributed by atoms with Gasteiger partial charge in [-0.25, -0.2) is 9.67 Å². The summed E-state index contributed by atoms with van der Waals surface area (Å²) in [5.74, 6) is 2.31. The SMILES string of the molecule is Cc1cccc(-c2ccc(Cn3nc4c(c3Oc3ccccc3)C(=O)N(C)C3=N[C@@H]5CCC[C@@H]5N34)cc2)n1. The van der Waals surface area contributed by atoms with Crippen molar-refractivity contribution in [3.05, 3.63) is 89.6 Å². The molecule has 1 aliphatic carbocycles. The summed E-state index contributed by atoms with van der Waals surface area (Å²) in [5.41, 5.74) is 4.53. The van der Waals surface area contributed by atoms with Crippen molar-refractivity contribution in [2.24, 2.45) is 4.99 Å². The Bertz CT molecular complexity index is 1560. The molecule has 4 heterocycles. The number of para-hydroxylation sites is 1. The molecule has 0 bridgehead atoms. The second-order valence-electron chi connectivity index (χ2n) is 10.2. The number of hydrogen-bond acceptors (Lipinski definition) is 6. The molecular weight excluding hydrogens is 476 g/mol. The first-order chi connectivity index (χ1) is 18.6. The van der Waals surface area contributed by atoms with Crippen molar-refractivity contribution >= 4 is 17.7 Å². The summed E-state index contributed by atoms with van der Waals surface area (Å²) >= 11 is 0. The lowest BCUT2D eigenvalue weighted by molar-refractivity contribution is 0.0862. The molecule has 3 aliphatic rings. The molecule has 0 radical (unpaired) electrons. The maximum absolute atomic E-state index is 13.7. The third-order valence-electron chi connectivity index (χ3n) is 7.63. The van der Waals surface area contributed by atoms with Crippen LogP contribution >= 0.6 is 0 Å². The monoisotopic (exact) mass is 504 g/mol. The standard InChI is InChI=1S/C30H28N6O2/c1-19-8-6-11-23(31-19)21-16-14-20(15-17-21)18-35-29(38-22-9-4-3-5-10-22)26-27(33-35)36-25-13-7-12-24(25)32-30(36)34(2)28(26)37/h3-6,8-11,14-17,24-25H,7,12-13,18H2,1-2H3/t24-,25+/m1/s1. The zero-order valence-electron chi connectivity index (χ0n) is 21.4. The van der Waals surface area contributed by atoms with Gasteiger partial charge in [0.25, 0.3) is 5.91 Å². The van der Waals surface area contributed by atoms with Gasteiger partial charge in [-0.05, 0) is 56.0 Å². The van der Waals surface area contributed by atoms with E-state index in [9.17, 15) is 4.79 Å². The lowest BCUT2D eigenvalue weighted by Crippen LogP contribution is -2.51. The zero-order chi connectivity index (χ0) is 25.8. The molecule has 0 spiro atoms. The first-order valence-corrected chi connectivity index (χ1v) is 13.1. The summed E-state index contributed by atoms with van der Waals surface area (Å²) in [6, 6.07) is 24.3. The molecular formula is C30H28N6O2. The lowest BCUT2D eigenvalue weighted by atomic mass is 10.1. The molecule has 1 saturated carbocycles. The number of aliphatic imine (C=N–C) groups is 1. The number of aryl methyl sites for hydroxylation is 1. The van der Waals surface area contributed by atoms with E-state index in [2.05, 4.69) is 34.1 Å². The van der Waals surface area contributed by atoms with Gasteiger partial charge < -0.3 is 4.74 Å². The van der Waals surface area contributed by atoms with E-state index < -0.39 is 0 Å². The molecule has 0 unspecified atom stereocenters. The fourth-order valence-corrected chi connectivity index (χ4v) is 5.75. The average molecular weight is 505 g/mol. The Morgan fingerprint density at radius 1 is 0.974 bits per heavy atom. The first-order valence-electron chi connectivity index (χ1n) is 13.1. The van der Waals surface area contributed by atoms with Crippen LogP contribution in [0.25, 0.3) is 11.3 Å². The van der Waals surface area contributed by atoms with Crippen LogP contribution in [0.2, 0.25) is 0 Å². The van der Waals surface area contributed by atoms with Crippen LogP contribution in [0.5, 0.6) is 11.6 Å². The van der Waals surface area contributed by atoms with Crippen LogP contribution < -0.4 is 9.64 Å². The number of aromatic nitrogens is 3. The van der Waals surface area contributed by atoms with Crippen molar-refractivity contribution in [3.8, 4) is 22.9 Å². The van der Waals surface area contributed by atoms with E-state index in [1.807, 2.05) is 60.1 Å². The van der Waals surface area contributed by atoms with Gasteiger partial charge in [-0.1, -0.05) is 48.5 Å². The molecule has 2 aliphatic heterocycles. The van der Waals surface area contributed by atoms with Gasteiger partial charge in [-0.2, -0.15) is 5.10 Å². The van der Waals surface area contributed by atoms with Crippen molar-refractivity contribution in [1.82, 2.24) is 19.7 Å². The van der Waals surface area contributed by atoms with Gasteiger partial charge in [0.1, 0.15) is 11.3 Å². The molecule has 0 saturated heterocycles. The third-order valence-corrected chi connectivity index (χ3v) is 7.63. The van der Waals surface area contributed by atoms with E-state index >= 15 is 0 Å². The molecule has 1 amide bonds. The number of carbonyl (C=O) groups excluding carboxylic acids is 1. The van der Waals surface area contributed by atoms with E-state index in [0.717, 1.165) is 41.8 Å². The van der Waals surface area contributed by atoms with Crippen LogP contribution in [-0.2, 0) is 6.54 Å². The molecule has 8 nitrogen and oxygen atoms in total. The minimum Gasteiger partial charge on any atom is -0.438 e. The van der Waals surface area contributed by atoms with Gasteiger partial charge in [0.2, 0.25) is 11.8 Å². The van der Waals surface area contributed by atoms with E-state index in [-0.39, 0.29) is 18.0 Å². The number of nitrogens with zero attached hydrogens (tertiary/aromatic N) is 6. The predicted molar refractivity (Wildman–Crippen MR) is 146 cm³/mol. The second kappa shape index (κ2) is 8.83. The summed E-state index contributed by atoms with van der Waals surface area (Å²) in [6.07, 6.45) is 3.21. The molecule has 0 N–H and O–H groups in total. The van der Waals surface area contributed by atoms with Crippen molar-refractivity contribution in [3.63, 3.8) is 0 Å². The fraction of sp³-hybridized carbons (Fsp3) is 0.267. The van der Waals surface area contributed by atoms with Crippen molar-refractivity contribution in [1.29, 1.82) is 0 Å². The average Bonchev–Trinajstić information content (AvgIpc) is 3.62. The summed E-state index contributed by atoms with van der Waals surface area (Å²) in [5, 5.41) is 5.00. The third kappa shape index (κ3) is 3.67. The highest BCUT2D eigenvalue weighted by Crippen LogP contribution is 2.44. The van der Waals surface area contributed by atoms with Crippen LogP contribution in [0, 0.1) is 6.92 Å². The van der Waals surface area contributed by atoms with E-state index in [1.54, 1.807) is 11.9 Å². The summed E-state index contributed by atoms with van der Waals surface area (Å²) in [7, 11) is 1.79. The van der Waals surface area contributed by atoms with Crippen molar-refractivity contribution < 1.29 is 9.53 Å². The summed E-state index contributed by atoms with van der Waals surface area (Å²) in [4.78, 5) is 27.0. The Hall–Kier alpha value is -4.46. The Labute approximate surface area is 221 Å². The number of fused-ring (bicyclic) bond motifs is 5. The van der Waals surface area contributed by atoms with Gasteiger partial charge >= 0.3 is 0 Å². The van der Waals surface area contributed by atoms with Crippen LogP contribution in [0.15, 0.2) is 77.8 Å². The van der Waals surface area contributed by atoms with Gasteiger partial charge in [0.05, 0.1) is 24.3 Å². The van der Waals surface area contributed by atoms with Gasteiger partial charge in [-0.3, -0.25) is 19.6 Å². The Kier molecular flexibility index (Phi) is 5.28. The van der Waals surface area contributed by atoms with E-state index in [0.29, 0.717) is 35.5 Å². The van der Waals surface area contributed by atoms with Crippen molar-refractivity contribution in [2.45, 2.75) is 44.8 Å². The number of guanidine groups is 1. The van der Waals surface area contributed by atoms with E-state index in [1.165, 1.54) is 0 Å². The highest BCUT2D eigenvalue weighted by molar-refractivity contribution is 6.20. The summed E-state index contributed by atoms with van der Waals surface area (Å²) in [6.45, 7) is 2.46. The van der Waals surface area contributed by atoms with Crippen LogP contribution in [0.3, 0.4) is 0 Å². The molecule has 190 valence electrons. The zero-order valence-corrected chi connectivity index (χ0v) is 21.4. The van der Waals surface area contributed by atoms with Gasteiger partial charge in [0.15, 0.2) is 5.82 Å². The lowest BCUT2D eigenvalue weighted by Gasteiger charge is -2.33. The smallest absolute Gasteiger partial charge is 0.269 e. The number of ether oxygens (including phenoxy) is 1. The normalized spacial score (nSPS) is 19.7. The second-order valence-corrected chi connectivity index (χ2v) is 10.2. The minimum absolute atomic E-state index is 0.145. The summed E-state index contributed by atoms with van der Waals surface area (Å²) < 4.78 is 8.20. The number of pyridine rings is 1. The molecule has 2 aromatic carbocycles. The number of benzene rings is 2. The van der Waals surface area contributed by atoms with Crippen LogP contribution in [0.4, 0.5) is 5.82 Å².